The van der Waals surface area contributed by atoms with Crippen LogP contribution in [-0.4, -0.2) is 28.4 Å². The number of rotatable bonds is 9. The molecule has 40 heavy (non-hydrogen) atoms. The summed E-state index contributed by atoms with van der Waals surface area (Å²) in [5.41, 5.74) is 3.62. The number of hydrogen-bond donors (Lipinski definition) is 0. The molecule has 202 valence electrons. The Labute approximate surface area is 241 Å². The summed E-state index contributed by atoms with van der Waals surface area (Å²) in [5, 5.41) is 3.01. The Bertz CT molecular complexity index is 1480. The molecule has 0 unspecified atom stereocenters. The monoisotopic (exact) mass is 569 g/mol. The van der Waals surface area contributed by atoms with Crippen molar-refractivity contribution in [3.8, 4) is 45.3 Å². The molecule has 0 fully saturated rings. The average Bonchev–Trinajstić information content (AvgIpc) is 3.03. The van der Waals surface area contributed by atoms with E-state index in [1.807, 2.05) is 78.9 Å². The van der Waals surface area contributed by atoms with Gasteiger partial charge in [0.05, 0.1) is 39.6 Å². The molecule has 0 atom stereocenters. The highest BCUT2D eigenvalue weighted by Crippen LogP contribution is 2.64. The van der Waals surface area contributed by atoms with Crippen LogP contribution in [0.25, 0.3) is 22.3 Å². The molecule has 0 saturated carbocycles. The van der Waals surface area contributed by atoms with E-state index in [2.05, 4.69) is 36.4 Å². The van der Waals surface area contributed by atoms with Gasteiger partial charge in [-0.15, -0.1) is 0 Å². The summed E-state index contributed by atoms with van der Waals surface area (Å²) < 4.78 is 23.3. The molecule has 0 bridgehead atoms. The van der Waals surface area contributed by atoms with Crippen LogP contribution < -0.4 is 34.9 Å². The van der Waals surface area contributed by atoms with Crippen molar-refractivity contribution in [2.24, 2.45) is 0 Å². The topological polar surface area (TPSA) is 36.9 Å². The van der Waals surface area contributed by atoms with E-state index in [4.69, 9.17) is 30.2 Å². The molecule has 0 heterocycles. The minimum atomic E-state index is -2.80. The van der Waals surface area contributed by atoms with Crippen LogP contribution in [0, 0.1) is 0 Å². The van der Waals surface area contributed by atoms with Crippen molar-refractivity contribution in [3.05, 3.63) is 115 Å². The van der Waals surface area contributed by atoms with Crippen molar-refractivity contribution in [2.45, 2.75) is 0 Å². The molecular weight excluding hydrogens is 539 g/mol. The highest BCUT2D eigenvalue weighted by Gasteiger charge is 2.49. The molecule has 5 rings (SSSR count). The van der Waals surface area contributed by atoms with E-state index in [9.17, 15) is 0 Å². The van der Waals surface area contributed by atoms with Crippen LogP contribution in [0.2, 0.25) is 0 Å². The molecule has 0 aromatic heterocycles. The Morgan fingerprint density at radius 2 is 0.775 bits per heavy atom. The van der Waals surface area contributed by atoms with Crippen LogP contribution in [0.4, 0.5) is 0 Å². The fraction of sp³-hybridized carbons (Fsp3) is 0.118. The first-order chi connectivity index (χ1) is 19.6. The van der Waals surface area contributed by atoms with Gasteiger partial charge >= 0.3 is 0 Å². The number of benzene rings is 5. The molecule has 0 saturated heterocycles. The van der Waals surface area contributed by atoms with E-state index in [-0.39, 0.29) is 0 Å². The first kappa shape index (κ1) is 27.6. The second-order valence-corrected chi connectivity index (χ2v) is 13.2. The first-order valence-electron chi connectivity index (χ1n) is 12.8. The SMILES string of the molecule is COc1cccc(OC)c1-c1ccccc1[P+](Cl)(c1ccccc1)c1ccccc1-c1c(OC)cccc1OC. The number of hydrogen-bond acceptors (Lipinski definition) is 4. The van der Waals surface area contributed by atoms with Gasteiger partial charge in [0.25, 0.3) is 0 Å². The summed E-state index contributed by atoms with van der Waals surface area (Å²) in [4.78, 5) is 0. The predicted molar refractivity (Wildman–Crippen MR) is 168 cm³/mol. The zero-order chi connectivity index (χ0) is 28.1. The summed E-state index contributed by atoms with van der Waals surface area (Å²) in [6.07, 6.45) is 0. The van der Waals surface area contributed by atoms with E-state index in [1.54, 1.807) is 28.4 Å². The number of ether oxygens (including phenoxy) is 4. The third kappa shape index (κ3) is 4.79. The van der Waals surface area contributed by atoms with Gasteiger partial charge in [0, 0.05) is 11.1 Å². The van der Waals surface area contributed by atoms with Crippen LogP contribution in [-0.2, 0) is 0 Å². The number of methoxy groups -OCH3 is 4. The molecule has 4 nitrogen and oxygen atoms in total. The van der Waals surface area contributed by atoms with Crippen LogP contribution in [0.1, 0.15) is 0 Å². The lowest BCUT2D eigenvalue weighted by Crippen LogP contribution is -2.29. The lowest BCUT2D eigenvalue weighted by atomic mass is 10.0. The van der Waals surface area contributed by atoms with Gasteiger partial charge in [-0.1, -0.05) is 66.7 Å². The van der Waals surface area contributed by atoms with Crippen LogP contribution >= 0.6 is 17.9 Å². The first-order valence-corrected chi connectivity index (χ1v) is 15.5. The largest absolute Gasteiger partial charge is 0.496 e. The molecular formula is C34H31ClO4P+. The molecule has 0 aliphatic carbocycles. The zero-order valence-corrected chi connectivity index (χ0v) is 24.6. The van der Waals surface area contributed by atoms with Crippen molar-refractivity contribution in [3.63, 3.8) is 0 Å². The molecule has 0 amide bonds. The van der Waals surface area contributed by atoms with E-state index < -0.39 is 6.62 Å². The Hall–Kier alpha value is -3.98. The van der Waals surface area contributed by atoms with E-state index in [1.165, 1.54) is 0 Å². The minimum Gasteiger partial charge on any atom is -0.496 e. The van der Waals surface area contributed by atoms with Gasteiger partial charge in [0.1, 0.15) is 50.2 Å². The van der Waals surface area contributed by atoms with E-state index >= 15 is 0 Å². The van der Waals surface area contributed by atoms with Crippen molar-refractivity contribution in [2.75, 3.05) is 28.4 Å². The van der Waals surface area contributed by atoms with Gasteiger partial charge in [-0.05, 0) is 48.5 Å². The fourth-order valence-corrected chi connectivity index (χ4v) is 9.42. The maximum atomic E-state index is 8.16. The van der Waals surface area contributed by atoms with Crippen molar-refractivity contribution in [1.29, 1.82) is 0 Å². The maximum Gasteiger partial charge on any atom is 0.211 e. The zero-order valence-electron chi connectivity index (χ0n) is 22.9. The molecule has 5 aromatic rings. The van der Waals surface area contributed by atoms with Crippen molar-refractivity contribution < 1.29 is 18.9 Å². The van der Waals surface area contributed by atoms with Crippen molar-refractivity contribution >= 4 is 33.8 Å². The third-order valence-corrected chi connectivity index (χ3v) is 11.8. The van der Waals surface area contributed by atoms with Gasteiger partial charge < -0.3 is 18.9 Å². The minimum absolute atomic E-state index is 0.711. The Morgan fingerprint density at radius 1 is 0.425 bits per heavy atom. The van der Waals surface area contributed by atoms with Crippen LogP contribution in [0.15, 0.2) is 115 Å². The van der Waals surface area contributed by atoms with E-state index in [0.717, 1.165) is 38.2 Å². The molecule has 0 aliphatic heterocycles. The van der Waals surface area contributed by atoms with Gasteiger partial charge in [0.15, 0.2) is 0 Å². The molecule has 5 aromatic carbocycles. The third-order valence-electron chi connectivity index (χ3n) is 6.98. The van der Waals surface area contributed by atoms with Gasteiger partial charge in [0.2, 0.25) is 6.62 Å². The lowest BCUT2D eigenvalue weighted by Gasteiger charge is -2.25. The van der Waals surface area contributed by atoms with Gasteiger partial charge in [-0.2, -0.15) is 0 Å². The summed E-state index contributed by atoms with van der Waals surface area (Å²) in [7, 11) is 6.68. The van der Waals surface area contributed by atoms with Crippen LogP contribution in [0.5, 0.6) is 23.0 Å². The molecule has 0 aliphatic rings. The average molecular weight is 570 g/mol. The molecule has 0 spiro atoms. The summed E-state index contributed by atoms with van der Waals surface area (Å²) in [5.74, 6) is 2.84. The quantitative estimate of drug-likeness (QED) is 0.172. The van der Waals surface area contributed by atoms with Gasteiger partial charge in [-0.3, -0.25) is 0 Å². The Balaban J connectivity index is 1.90. The fourth-order valence-electron chi connectivity index (χ4n) is 5.18. The number of halogens is 1. The summed E-state index contributed by atoms with van der Waals surface area (Å²) in [6, 6.07) is 38.4. The standard InChI is InChI=1S/C34H31ClO4P/c1-36-27-18-12-19-28(37-2)33(27)25-16-8-10-22-31(25)40(35,24-14-6-5-7-15-24)32-23-11-9-17-26(32)34-29(38-3)20-13-21-30(34)39-4/h5-23H,1-4H3/q+1. The highest BCUT2D eigenvalue weighted by atomic mass is 35.7. The maximum absolute atomic E-state index is 8.16. The summed E-state index contributed by atoms with van der Waals surface area (Å²) >= 11 is 8.16. The predicted octanol–water partition coefficient (Wildman–Crippen LogP) is 7.50. The van der Waals surface area contributed by atoms with Crippen molar-refractivity contribution in [1.82, 2.24) is 0 Å². The lowest BCUT2D eigenvalue weighted by molar-refractivity contribution is 0.397. The highest BCUT2D eigenvalue weighted by molar-refractivity contribution is 8.15. The Morgan fingerprint density at radius 3 is 1.15 bits per heavy atom. The van der Waals surface area contributed by atoms with Crippen LogP contribution in [0.3, 0.4) is 0 Å². The molecule has 6 heteroatoms. The Kier molecular flexibility index (Phi) is 8.30. The summed E-state index contributed by atoms with van der Waals surface area (Å²) in [6.45, 7) is -2.80. The second-order valence-electron chi connectivity index (χ2n) is 9.03. The van der Waals surface area contributed by atoms with E-state index in [0.29, 0.717) is 23.0 Å². The normalized spacial score (nSPS) is 11.1. The molecule has 0 N–H and O–H groups in total. The molecule has 0 radical (unpaired) electrons. The smallest absolute Gasteiger partial charge is 0.211 e. The van der Waals surface area contributed by atoms with Gasteiger partial charge in [-0.25, -0.2) is 0 Å². The second kappa shape index (κ2) is 12.0.